The molecular weight excluding hydrogens is 338 g/mol. The summed E-state index contributed by atoms with van der Waals surface area (Å²) in [6.45, 7) is 1.82. The second-order valence-corrected chi connectivity index (χ2v) is 5.42. The van der Waals surface area contributed by atoms with Gasteiger partial charge in [-0.1, -0.05) is 18.2 Å². The number of anilines is 1. The Balaban J connectivity index is 2.49. The number of esters is 1. The number of hydrogen-bond acceptors (Lipinski definition) is 7. The van der Waals surface area contributed by atoms with Gasteiger partial charge in [0, 0.05) is 6.20 Å². The molecule has 2 rings (SSSR count). The number of nitrogens with one attached hydrogen (secondary N) is 1. The number of rotatable bonds is 6. The Labute approximate surface area is 149 Å². The van der Waals surface area contributed by atoms with E-state index < -0.39 is 5.97 Å². The lowest BCUT2D eigenvalue weighted by molar-refractivity contribution is -0.138. The summed E-state index contributed by atoms with van der Waals surface area (Å²) in [5, 5.41) is 26.4. The maximum atomic E-state index is 11.7. The highest BCUT2D eigenvalue weighted by molar-refractivity contribution is 7.98. The molecule has 1 aromatic heterocycles. The molecule has 0 saturated heterocycles. The molecule has 1 N–H and O–H groups in total. The van der Waals surface area contributed by atoms with Crippen LogP contribution in [0.3, 0.4) is 0 Å². The van der Waals surface area contributed by atoms with Crippen molar-refractivity contribution in [3.63, 3.8) is 0 Å². The molecule has 2 aromatic rings. The average Bonchev–Trinajstić information content (AvgIpc) is 3.01. The lowest BCUT2D eigenvalue weighted by Gasteiger charge is -2.07. The van der Waals surface area contributed by atoms with E-state index in [1.807, 2.05) is 36.6 Å². The molecule has 0 bridgehead atoms. The number of nitriles is 2. The van der Waals surface area contributed by atoms with Gasteiger partial charge < -0.3 is 10.1 Å². The van der Waals surface area contributed by atoms with E-state index in [0.29, 0.717) is 16.4 Å². The number of nitrogens with zero attached hydrogens (tertiary/aromatic N) is 4. The molecule has 0 radical (unpaired) electrons. The lowest BCUT2D eigenvalue weighted by atomic mass is 10.3. The highest BCUT2D eigenvalue weighted by Gasteiger charge is 2.19. The van der Waals surface area contributed by atoms with Gasteiger partial charge >= 0.3 is 5.97 Å². The van der Waals surface area contributed by atoms with E-state index >= 15 is 0 Å². The summed E-state index contributed by atoms with van der Waals surface area (Å²) in [6, 6.07) is 13.1. The molecule has 0 spiro atoms. The number of thioether (sulfide) groups is 1. The van der Waals surface area contributed by atoms with Gasteiger partial charge in [0.2, 0.25) is 0 Å². The normalized spacial score (nSPS) is 10.6. The van der Waals surface area contributed by atoms with Crippen molar-refractivity contribution in [3.05, 3.63) is 47.7 Å². The summed E-state index contributed by atoms with van der Waals surface area (Å²) >= 11 is 1.33. The molecule has 7 nitrogen and oxygen atoms in total. The smallest absolute Gasteiger partial charge is 0.350 e. The fraction of sp³-hybridized carbons (Fsp3) is 0.176. The summed E-state index contributed by atoms with van der Waals surface area (Å²) in [5.74, 6) is -0.359. The van der Waals surface area contributed by atoms with Crippen molar-refractivity contribution in [3.8, 4) is 17.8 Å². The van der Waals surface area contributed by atoms with Crippen LogP contribution in [0.15, 0.2) is 47.1 Å². The number of ether oxygens (including phenoxy) is 1. The van der Waals surface area contributed by atoms with Crippen LogP contribution in [0, 0.1) is 22.7 Å². The molecule has 0 aliphatic rings. The zero-order chi connectivity index (χ0) is 18.2. The summed E-state index contributed by atoms with van der Waals surface area (Å²) in [5.41, 5.74) is 0.871. The van der Waals surface area contributed by atoms with E-state index in [4.69, 9.17) is 10.00 Å². The minimum Gasteiger partial charge on any atom is -0.462 e. The van der Waals surface area contributed by atoms with Crippen LogP contribution in [0.2, 0.25) is 0 Å². The van der Waals surface area contributed by atoms with Crippen LogP contribution in [0.5, 0.6) is 0 Å². The maximum absolute atomic E-state index is 11.7. The van der Waals surface area contributed by atoms with E-state index in [-0.39, 0.29) is 12.2 Å². The van der Waals surface area contributed by atoms with E-state index in [1.54, 1.807) is 17.7 Å². The number of para-hydroxylation sites is 1. The summed E-state index contributed by atoms with van der Waals surface area (Å²) in [7, 11) is 0. The standard InChI is InChI=1S/C17H15N5O2S/c1-3-24-17(23)12(9-18)11-20-15-14(10-19)16(25-2)21-22(15)13-7-5-4-6-8-13/h4-8,11,20H,3H2,1-2H3/b12-11+. The Morgan fingerprint density at radius 1 is 1.40 bits per heavy atom. The van der Waals surface area contributed by atoms with Gasteiger partial charge in [-0.2, -0.15) is 15.6 Å². The third-order valence-corrected chi connectivity index (χ3v) is 3.80. The summed E-state index contributed by atoms with van der Waals surface area (Å²) < 4.78 is 6.38. The third-order valence-electron chi connectivity index (χ3n) is 3.13. The molecule has 0 unspecified atom stereocenters. The second-order valence-electron chi connectivity index (χ2n) is 4.63. The molecule has 1 aromatic carbocycles. The van der Waals surface area contributed by atoms with Crippen molar-refractivity contribution < 1.29 is 9.53 Å². The predicted molar refractivity (Wildman–Crippen MR) is 94.0 cm³/mol. The Kier molecular flexibility index (Phi) is 6.21. The van der Waals surface area contributed by atoms with E-state index in [0.717, 1.165) is 5.69 Å². The Hall–Kier alpha value is -3.23. The van der Waals surface area contributed by atoms with Crippen LogP contribution in [0.25, 0.3) is 5.69 Å². The van der Waals surface area contributed by atoms with Crippen LogP contribution in [0.4, 0.5) is 5.82 Å². The Morgan fingerprint density at radius 3 is 2.68 bits per heavy atom. The van der Waals surface area contributed by atoms with Crippen molar-refractivity contribution >= 4 is 23.5 Å². The molecule has 0 amide bonds. The molecule has 0 atom stereocenters. The first-order valence-corrected chi connectivity index (χ1v) is 8.55. The van der Waals surface area contributed by atoms with E-state index in [1.165, 1.54) is 18.0 Å². The quantitative estimate of drug-likeness (QED) is 0.368. The molecule has 126 valence electrons. The number of carbonyl (C=O) groups excluding carboxylic acids is 1. The third kappa shape index (κ3) is 4.00. The van der Waals surface area contributed by atoms with Gasteiger partial charge in [-0.25, -0.2) is 9.48 Å². The first-order valence-electron chi connectivity index (χ1n) is 7.32. The molecular formula is C17H15N5O2S. The van der Waals surface area contributed by atoms with Gasteiger partial charge in [-0.05, 0) is 25.3 Å². The van der Waals surface area contributed by atoms with Gasteiger partial charge in [0.1, 0.15) is 22.7 Å². The largest absolute Gasteiger partial charge is 0.462 e. The Morgan fingerprint density at radius 2 is 2.12 bits per heavy atom. The predicted octanol–water partition coefficient (Wildman–Crippen LogP) is 2.85. The van der Waals surface area contributed by atoms with Gasteiger partial charge in [0.25, 0.3) is 0 Å². The van der Waals surface area contributed by atoms with Gasteiger partial charge in [-0.3, -0.25) is 0 Å². The SMILES string of the molecule is CCOC(=O)/C(C#N)=C/Nc1c(C#N)c(SC)nn1-c1ccccc1. The first kappa shape index (κ1) is 18.1. The molecule has 0 aliphatic carbocycles. The van der Waals surface area contributed by atoms with Crippen molar-refractivity contribution in [2.24, 2.45) is 0 Å². The maximum Gasteiger partial charge on any atom is 0.350 e. The fourth-order valence-corrected chi connectivity index (χ4v) is 2.53. The van der Waals surface area contributed by atoms with Gasteiger partial charge in [0.15, 0.2) is 11.4 Å². The van der Waals surface area contributed by atoms with E-state index in [2.05, 4.69) is 16.5 Å². The van der Waals surface area contributed by atoms with Crippen molar-refractivity contribution in [2.45, 2.75) is 11.9 Å². The second kappa shape index (κ2) is 8.57. The van der Waals surface area contributed by atoms with Crippen molar-refractivity contribution in [2.75, 3.05) is 18.2 Å². The van der Waals surface area contributed by atoms with Gasteiger partial charge in [0.05, 0.1) is 12.3 Å². The fourth-order valence-electron chi connectivity index (χ4n) is 2.02. The minimum atomic E-state index is -0.730. The highest BCUT2D eigenvalue weighted by atomic mass is 32.2. The molecule has 1 heterocycles. The number of carbonyl (C=O) groups is 1. The van der Waals surface area contributed by atoms with Crippen molar-refractivity contribution in [1.29, 1.82) is 10.5 Å². The monoisotopic (exact) mass is 353 g/mol. The highest BCUT2D eigenvalue weighted by Crippen LogP contribution is 2.28. The van der Waals surface area contributed by atoms with Crippen LogP contribution in [-0.4, -0.2) is 28.6 Å². The van der Waals surface area contributed by atoms with Crippen LogP contribution >= 0.6 is 11.8 Å². The molecule has 0 saturated carbocycles. The van der Waals surface area contributed by atoms with E-state index in [9.17, 15) is 10.1 Å². The Bertz CT molecular complexity index is 875. The van der Waals surface area contributed by atoms with Gasteiger partial charge in [-0.15, -0.1) is 11.8 Å². The van der Waals surface area contributed by atoms with Crippen LogP contribution < -0.4 is 5.32 Å². The van der Waals surface area contributed by atoms with Crippen LogP contribution in [0.1, 0.15) is 12.5 Å². The van der Waals surface area contributed by atoms with Crippen molar-refractivity contribution in [1.82, 2.24) is 9.78 Å². The van der Waals surface area contributed by atoms with Crippen LogP contribution in [-0.2, 0) is 9.53 Å². The summed E-state index contributed by atoms with van der Waals surface area (Å²) in [4.78, 5) is 11.7. The topological polar surface area (TPSA) is 104 Å². The lowest BCUT2D eigenvalue weighted by Crippen LogP contribution is -2.09. The number of hydrogen-bond donors (Lipinski definition) is 1. The molecule has 0 aliphatic heterocycles. The molecule has 8 heteroatoms. The minimum absolute atomic E-state index is 0.167. The molecule has 0 fully saturated rings. The average molecular weight is 353 g/mol. The number of benzene rings is 1. The molecule has 25 heavy (non-hydrogen) atoms. The number of aromatic nitrogens is 2. The zero-order valence-corrected chi connectivity index (χ0v) is 14.5. The first-order chi connectivity index (χ1) is 12.2. The summed E-state index contributed by atoms with van der Waals surface area (Å²) in [6.07, 6.45) is 3.04. The zero-order valence-electron chi connectivity index (χ0n) is 13.7.